The van der Waals surface area contributed by atoms with E-state index in [-0.39, 0.29) is 44.2 Å². The van der Waals surface area contributed by atoms with Crippen LogP contribution in [0.25, 0.3) is 11.0 Å². The monoisotopic (exact) mass is 335 g/mol. The SMILES string of the molecule is [CH2-]C(=O)N(C)C.[CH2-]c1ncnc2[nH]c(=O)ccc12.[Y]. The molecule has 19 heavy (non-hydrogen) atoms. The van der Waals surface area contributed by atoms with Crippen LogP contribution in [-0.4, -0.2) is 39.9 Å². The Balaban J connectivity index is 0.000000404. The molecule has 0 saturated heterocycles. The van der Waals surface area contributed by atoms with E-state index >= 15 is 0 Å². The van der Waals surface area contributed by atoms with Crippen molar-refractivity contribution in [1.82, 2.24) is 19.9 Å². The zero-order chi connectivity index (χ0) is 13.7. The predicted octanol–water partition coefficient (Wildman–Crippen LogP) is 0.406. The molecule has 0 fully saturated rings. The Hall–Kier alpha value is -1.40. The second kappa shape index (κ2) is 7.91. The zero-order valence-electron chi connectivity index (χ0n) is 10.9. The number of hydrogen-bond acceptors (Lipinski definition) is 4. The zero-order valence-corrected chi connectivity index (χ0v) is 13.7. The molecule has 1 N–H and O–H groups in total. The minimum atomic E-state index is -0.166. The van der Waals surface area contributed by atoms with Gasteiger partial charge in [-0.2, -0.15) is 0 Å². The van der Waals surface area contributed by atoms with Crippen molar-refractivity contribution < 1.29 is 37.5 Å². The maximum atomic E-state index is 10.9. The largest absolute Gasteiger partial charge is 0.374 e. The molecule has 0 aromatic carbocycles. The molecule has 2 rings (SSSR count). The van der Waals surface area contributed by atoms with Gasteiger partial charge in [-0.05, 0) is 6.07 Å². The molecule has 1 radical (unpaired) electrons. The van der Waals surface area contributed by atoms with Crippen LogP contribution >= 0.6 is 0 Å². The molecule has 0 spiro atoms. The van der Waals surface area contributed by atoms with Gasteiger partial charge < -0.3 is 21.6 Å². The van der Waals surface area contributed by atoms with Crippen LogP contribution in [0.4, 0.5) is 0 Å². The molecule has 0 atom stereocenters. The van der Waals surface area contributed by atoms with Crippen molar-refractivity contribution in [3.63, 3.8) is 0 Å². The summed E-state index contributed by atoms with van der Waals surface area (Å²) < 4.78 is 0. The maximum absolute atomic E-state index is 10.9. The van der Waals surface area contributed by atoms with Crippen molar-refractivity contribution in [1.29, 1.82) is 0 Å². The average Bonchev–Trinajstić information content (AvgIpc) is 2.29. The first-order chi connectivity index (χ1) is 8.41. The summed E-state index contributed by atoms with van der Waals surface area (Å²) in [5.41, 5.74) is 0.986. The molecule has 6 nitrogen and oxygen atoms in total. The Bertz CT molecular complexity index is 610. The molecule has 1 amide bonds. The van der Waals surface area contributed by atoms with Crippen molar-refractivity contribution in [2.75, 3.05) is 14.1 Å². The Morgan fingerprint density at radius 2 is 1.89 bits per heavy atom. The van der Waals surface area contributed by atoms with Gasteiger partial charge in [-0.15, -0.1) is 11.5 Å². The third-order valence-corrected chi connectivity index (χ3v) is 2.11. The van der Waals surface area contributed by atoms with E-state index in [1.165, 1.54) is 17.3 Å². The first-order valence-electron chi connectivity index (χ1n) is 5.11. The standard InChI is InChI=1S/C8H6N3O.C4H8NO.Y/c1-5-6-2-3-7(12)11-8(6)10-4-9-5;1-4(6)5(2)3;/h2-4H,1H2,(H,9,10,11,12);1H2,2-3H3;/q2*-1;. The summed E-state index contributed by atoms with van der Waals surface area (Å²) >= 11 is 0. The Morgan fingerprint density at radius 3 is 2.42 bits per heavy atom. The third-order valence-electron chi connectivity index (χ3n) is 2.11. The van der Waals surface area contributed by atoms with Crippen LogP contribution in [0.5, 0.6) is 0 Å². The van der Waals surface area contributed by atoms with Crippen molar-refractivity contribution in [2.24, 2.45) is 0 Å². The van der Waals surface area contributed by atoms with Gasteiger partial charge in [-0.25, -0.2) is 11.9 Å². The Morgan fingerprint density at radius 1 is 1.32 bits per heavy atom. The number of pyridine rings is 1. The number of aromatic nitrogens is 3. The number of carbonyl (C=O) groups is 1. The molecule has 99 valence electrons. The molecule has 2 aromatic rings. The minimum Gasteiger partial charge on any atom is -0.374 e. The van der Waals surface area contributed by atoms with Crippen LogP contribution < -0.4 is 5.56 Å². The van der Waals surface area contributed by atoms with Crippen molar-refractivity contribution in [2.45, 2.75) is 0 Å². The molecule has 2 heterocycles. The van der Waals surface area contributed by atoms with Gasteiger partial charge in [-0.3, -0.25) is 9.78 Å². The van der Waals surface area contributed by atoms with Gasteiger partial charge in [0.25, 0.3) is 0 Å². The minimum absolute atomic E-state index is 0. The van der Waals surface area contributed by atoms with Crippen LogP contribution in [-0.2, 0) is 37.5 Å². The molecule has 0 aliphatic heterocycles. The Labute approximate surface area is 136 Å². The van der Waals surface area contributed by atoms with Crippen molar-refractivity contribution in [3.8, 4) is 0 Å². The number of amides is 1. The average molecular weight is 335 g/mol. The molecule has 2 aromatic heterocycles. The second-order valence-electron chi connectivity index (χ2n) is 3.69. The fraction of sp³-hybridized carbons (Fsp3) is 0.167. The fourth-order valence-electron chi connectivity index (χ4n) is 1.02. The van der Waals surface area contributed by atoms with Gasteiger partial charge in [0, 0.05) is 46.8 Å². The third kappa shape index (κ3) is 5.40. The fourth-order valence-corrected chi connectivity index (χ4v) is 1.02. The first kappa shape index (κ1) is 17.6. The summed E-state index contributed by atoms with van der Waals surface area (Å²) in [6.45, 7) is 6.83. The van der Waals surface area contributed by atoms with Gasteiger partial charge in [0.2, 0.25) is 5.56 Å². The molecule has 0 saturated carbocycles. The maximum Gasteiger partial charge on any atom is 0.246 e. The van der Waals surface area contributed by atoms with E-state index < -0.39 is 0 Å². The molecular formula is C12H14N4O2Y-2. The summed E-state index contributed by atoms with van der Waals surface area (Å²) in [4.78, 5) is 32.6. The summed E-state index contributed by atoms with van der Waals surface area (Å²) in [5.74, 6) is -0.157. The number of fused-ring (bicyclic) bond motifs is 1. The van der Waals surface area contributed by atoms with E-state index in [2.05, 4.69) is 28.8 Å². The van der Waals surface area contributed by atoms with Crippen LogP contribution in [0.15, 0.2) is 23.3 Å². The molecule has 0 bridgehead atoms. The molecule has 7 heteroatoms. The van der Waals surface area contributed by atoms with E-state index in [0.29, 0.717) is 11.3 Å². The molecule has 0 unspecified atom stereocenters. The molecule has 0 aliphatic carbocycles. The van der Waals surface area contributed by atoms with E-state index in [1.54, 1.807) is 20.2 Å². The topological polar surface area (TPSA) is 79.0 Å². The number of nitrogens with one attached hydrogen (secondary N) is 1. The summed E-state index contributed by atoms with van der Waals surface area (Å²) in [6, 6.07) is 3.09. The van der Waals surface area contributed by atoms with Crippen LogP contribution in [0.1, 0.15) is 5.69 Å². The second-order valence-corrected chi connectivity index (χ2v) is 3.69. The smallest absolute Gasteiger partial charge is 0.246 e. The van der Waals surface area contributed by atoms with Crippen molar-refractivity contribution in [3.05, 3.63) is 48.4 Å². The van der Waals surface area contributed by atoms with Crippen LogP contribution in [0.2, 0.25) is 0 Å². The Kier molecular flexibility index (Phi) is 7.33. The number of rotatable bonds is 0. The normalized spacial score (nSPS) is 8.95. The van der Waals surface area contributed by atoms with Gasteiger partial charge in [-0.1, -0.05) is 5.69 Å². The number of carbonyl (C=O) groups excluding carboxylic acids is 1. The number of aromatic amines is 1. The quantitative estimate of drug-likeness (QED) is 0.707. The van der Waals surface area contributed by atoms with E-state index in [4.69, 9.17) is 0 Å². The summed E-state index contributed by atoms with van der Waals surface area (Å²) in [5, 5.41) is 0.775. The molecular weight excluding hydrogens is 321 g/mol. The van der Waals surface area contributed by atoms with Gasteiger partial charge in [0.15, 0.2) is 0 Å². The molecule has 0 aliphatic rings. The number of nitrogens with zero attached hydrogens (tertiary/aromatic N) is 3. The predicted molar refractivity (Wildman–Crippen MR) is 68.7 cm³/mol. The van der Waals surface area contributed by atoms with Gasteiger partial charge in [0.1, 0.15) is 6.33 Å². The van der Waals surface area contributed by atoms with Crippen LogP contribution in [0, 0.1) is 13.8 Å². The number of hydrogen-bond donors (Lipinski definition) is 1. The summed E-state index contributed by atoms with van der Waals surface area (Å²) in [7, 11) is 3.32. The van der Waals surface area contributed by atoms with E-state index in [9.17, 15) is 9.59 Å². The van der Waals surface area contributed by atoms with E-state index in [1.807, 2.05) is 0 Å². The number of H-pyrrole nitrogens is 1. The van der Waals surface area contributed by atoms with Crippen molar-refractivity contribution >= 4 is 16.9 Å². The van der Waals surface area contributed by atoms with Gasteiger partial charge >= 0.3 is 0 Å². The van der Waals surface area contributed by atoms with E-state index in [0.717, 1.165) is 5.39 Å². The first-order valence-corrected chi connectivity index (χ1v) is 5.11. The summed E-state index contributed by atoms with van der Waals surface area (Å²) in [6.07, 6.45) is 1.38. The van der Waals surface area contributed by atoms with Gasteiger partial charge in [0.05, 0.1) is 11.6 Å². The van der Waals surface area contributed by atoms with Crippen LogP contribution in [0.3, 0.4) is 0 Å².